The Kier molecular flexibility index (Phi) is 3.60. The number of piperidine rings is 1. The van der Waals surface area contributed by atoms with Crippen LogP contribution in [0.4, 0.5) is 11.8 Å². The van der Waals surface area contributed by atoms with Gasteiger partial charge in [-0.3, -0.25) is 4.79 Å². The number of nitrogens with two attached hydrogens (primary N) is 1. The molecule has 6 nitrogen and oxygen atoms in total. The molecule has 0 aliphatic carbocycles. The van der Waals surface area contributed by atoms with E-state index in [-0.39, 0.29) is 11.8 Å². The number of nitrogens with one attached hydrogen (secondary N) is 1. The largest absolute Gasteiger partial charge is 0.372 e. The molecule has 0 atom stereocenters. The highest BCUT2D eigenvalue weighted by Crippen LogP contribution is 2.26. The number of carbonyl (C=O) groups is 1. The molecule has 21 heavy (non-hydrogen) atoms. The van der Waals surface area contributed by atoms with Crippen LogP contribution in [-0.4, -0.2) is 36.0 Å². The van der Waals surface area contributed by atoms with Gasteiger partial charge >= 0.3 is 0 Å². The predicted octanol–water partition coefficient (Wildman–Crippen LogP) is 1.37. The molecule has 1 saturated heterocycles. The predicted molar refractivity (Wildman–Crippen MR) is 83.2 cm³/mol. The van der Waals surface area contributed by atoms with E-state index in [1.165, 1.54) is 0 Å². The van der Waals surface area contributed by atoms with Crippen LogP contribution in [0.2, 0.25) is 0 Å². The highest BCUT2D eigenvalue weighted by molar-refractivity contribution is 5.90. The average molecular weight is 285 g/mol. The number of amides is 1. The van der Waals surface area contributed by atoms with Crippen LogP contribution in [0.1, 0.15) is 12.8 Å². The number of fused-ring (bicyclic) bond motifs is 1. The molecule has 2 heterocycles. The molecule has 1 aromatic carbocycles. The van der Waals surface area contributed by atoms with Gasteiger partial charge in [0.15, 0.2) is 0 Å². The van der Waals surface area contributed by atoms with Crippen molar-refractivity contribution in [3.8, 4) is 0 Å². The molecule has 2 aromatic rings. The molecule has 1 aromatic heterocycles. The molecular formula is C15H19N5O. The summed E-state index contributed by atoms with van der Waals surface area (Å²) < 4.78 is 0. The van der Waals surface area contributed by atoms with Crippen molar-refractivity contribution in [3.63, 3.8) is 0 Å². The van der Waals surface area contributed by atoms with Crippen LogP contribution in [0.15, 0.2) is 24.3 Å². The number of rotatable bonds is 3. The van der Waals surface area contributed by atoms with Gasteiger partial charge in [-0.1, -0.05) is 12.1 Å². The minimum Gasteiger partial charge on any atom is -0.372 e. The lowest BCUT2D eigenvalue weighted by atomic mass is 9.96. The van der Waals surface area contributed by atoms with Crippen molar-refractivity contribution in [1.82, 2.24) is 9.97 Å². The van der Waals surface area contributed by atoms with Crippen molar-refractivity contribution >= 4 is 28.6 Å². The van der Waals surface area contributed by atoms with Gasteiger partial charge in [-0.05, 0) is 25.0 Å². The molecule has 3 rings (SSSR count). The van der Waals surface area contributed by atoms with Gasteiger partial charge in [0.25, 0.3) is 0 Å². The molecule has 6 heteroatoms. The smallest absolute Gasteiger partial charge is 0.227 e. The number of primary amides is 1. The van der Waals surface area contributed by atoms with Gasteiger partial charge in [-0.25, -0.2) is 4.98 Å². The Morgan fingerprint density at radius 2 is 2.00 bits per heavy atom. The topological polar surface area (TPSA) is 84.1 Å². The van der Waals surface area contributed by atoms with E-state index in [4.69, 9.17) is 5.73 Å². The SMILES string of the molecule is CNc1nc(N2CCC(C(N)=O)CC2)nc2ccccc12. The minimum absolute atomic E-state index is 0.0227. The van der Waals surface area contributed by atoms with Gasteiger partial charge in [0.1, 0.15) is 5.82 Å². The number of hydrogen-bond acceptors (Lipinski definition) is 5. The highest BCUT2D eigenvalue weighted by Gasteiger charge is 2.25. The first-order valence-electron chi connectivity index (χ1n) is 7.18. The number of benzene rings is 1. The lowest BCUT2D eigenvalue weighted by Gasteiger charge is -2.30. The van der Waals surface area contributed by atoms with Crippen molar-refractivity contribution in [2.45, 2.75) is 12.8 Å². The van der Waals surface area contributed by atoms with Crippen LogP contribution in [0, 0.1) is 5.92 Å². The molecule has 3 N–H and O–H groups in total. The monoisotopic (exact) mass is 285 g/mol. The van der Waals surface area contributed by atoms with Crippen LogP contribution in [0.25, 0.3) is 10.9 Å². The summed E-state index contributed by atoms with van der Waals surface area (Å²) in [7, 11) is 1.86. The molecule has 1 fully saturated rings. The van der Waals surface area contributed by atoms with Crippen molar-refractivity contribution in [2.24, 2.45) is 11.7 Å². The van der Waals surface area contributed by atoms with Crippen LogP contribution >= 0.6 is 0 Å². The Morgan fingerprint density at radius 3 is 2.67 bits per heavy atom. The summed E-state index contributed by atoms with van der Waals surface area (Å²) in [4.78, 5) is 22.6. The van der Waals surface area contributed by atoms with Gasteiger partial charge in [-0.15, -0.1) is 0 Å². The zero-order valence-corrected chi connectivity index (χ0v) is 12.0. The molecular weight excluding hydrogens is 266 g/mol. The van der Waals surface area contributed by atoms with Crippen molar-refractivity contribution in [2.75, 3.05) is 30.4 Å². The molecule has 1 amide bonds. The van der Waals surface area contributed by atoms with E-state index < -0.39 is 0 Å². The second kappa shape index (κ2) is 5.55. The Hall–Kier alpha value is -2.37. The van der Waals surface area contributed by atoms with Crippen LogP contribution in [0.3, 0.4) is 0 Å². The lowest BCUT2D eigenvalue weighted by Crippen LogP contribution is -2.39. The van der Waals surface area contributed by atoms with Crippen molar-refractivity contribution in [3.05, 3.63) is 24.3 Å². The van der Waals surface area contributed by atoms with E-state index in [9.17, 15) is 4.79 Å². The lowest BCUT2D eigenvalue weighted by molar-refractivity contribution is -0.122. The van der Waals surface area contributed by atoms with Crippen LogP contribution < -0.4 is 16.0 Å². The summed E-state index contributed by atoms with van der Waals surface area (Å²) in [6.07, 6.45) is 1.53. The van der Waals surface area contributed by atoms with Gasteiger partial charge in [0.2, 0.25) is 11.9 Å². The number of para-hydroxylation sites is 1. The third-order valence-electron chi connectivity index (χ3n) is 4.01. The molecule has 1 aliphatic rings. The van der Waals surface area contributed by atoms with Crippen molar-refractivity contribution < 1.29 is 4.79 Å². The van der Waals surface area contributed by atoms with Crippen molar-refractivity contribution in [1.29, 1.82) is 0 Å². The van der Waals surface area contributed by atoms with E-state index in [1.54, 1.807) is 0 Å². The maximum atomic E-state index is 11.2. The standard InChI is InChI=1S/C15H19N5O/c1-17-14-11-4-2-3-5-12(11)18-15(19-14)20-8-6-10(7-9-20)13(16)21/h2-5,10H,6-9H2,1H3,(H2,16,21)(H,17,18,19). The summed E-state index contributed by atoms with van der Waals surface area (Å²) in [5.41, 5.74) is 6.29. The third kappa shape index (κ3) is 2.61. The van der Waals surface area contributed by atoms with Gasteiger partial charge < -0.3 is 16.0 Å². The second-order valence-corrected chi connectivity index (χ2v) is 5.30. The maximum Gasteiger partial charge on any atom is 0.227 e. The molecule has 0 bridgehead atoms. The van der Waals surface area contributed by atoms with Crippen LogP contribution in [0.5, 0.6) is 0 Å². The van der Waals surface area contributed by atoms with E-state index in [2.05, 4.69) is 20.2 Å². The number of carbonyl (C=O) groups excluding carboxylic acids is 1. The Bertz CT molecular complexity index is 664. The summed E-state index contributed by atoms with van der Waals surface area (Å²) in [5, 5.41) is 4.13. The number of aromatic nitrogens is 2. The van der Waals surface area contributed by atoms with E-state index >= 15 is 0 Å². The van der Waals surface area contributed by atoms with Gasteiger partial charge in [0.05, 0.1) is 5.52 Å². The number of nitrogens with zero attached hydrogens (tertiary/aromatic N) is 3. The Balaban J connectivity index is 1.89. The number of anilines is 2. The number of hydrogen-bond donors (Lipinski definition) is 2. The summed E-state index contributed by atoms with van der Waals surface area (Å²) in [6, 6.07) is 7.93. The molecule has 1 aliphatic heterocycles. The normalized spacial score (nSPS) is 16.1. The van der Waals surface area contributed by atoms with Crippen LogP contribution in [-0.2, 0) is 4.79 Å². The zero-order valence-electron chi connectivity index (χ0n) is 12.0. The Labute approximate surface area is 123 Å². The fourth-order valence-corrected chi connectivity index (χ4v) is 2.76. The van der Waals surface area contributed by atoms with Gasteiger partial charge in [0, 0.05) is 31.4 Å². The quantitative estimate of drug-likeness (QED) is 0.890. The van der Waals surface area contributed by atoms with Gasteiger partial charge in [-0.2, -0.15) is 4.98 Å². The van der Waals surface area contributed by atoms with E-state index in [0.717, 1.165) is 42.7 Å². The third-order valence-corrected chi connectivity index (χ3v) is 4.01. The first kappa shape index (κ1) is 13.6. The zero-order chi connectivity index (χ0) is 14.8. The summed E-state index contributed by atoms with van der Waals surface area (Å²) in [5.74, 6) is 1.31. The summed E-state index contributed by atoms with van der Waals surface area (Å²) in [6.45, 7) is 1.52. The average Bonchev–Trinajstić information content (AvgIpc) is 2.53. The fraction of sp³-hybridized carbons (Fsp3) is 0.400. The van der Waals surface area contributed by atoms with E-state index in [0.29, 0.717) is 5.95 Å². The first-order chi connectivity index (χ1) is 10.2. The highest BCUT2D eigenvalue weighted by atomic mass is 16.1. The molecule has 0 spiro atoms. The molecule has 0 radical (unpaired) electrons. The summed E-state index contributed by atoms with van der Waals surface area (Å²) >= 11 is 0. The minimum atomic E-state index is -0.204. The fourth-order valence-electron chi connectivity index (χ4n) is 2.76. The molecule has 110 valence electrons. The molecule has 0 saturated carbocycles. The Morgan fingerprint density at radius 1 is 1.29 bits per heavy atom. The second-order valence-electron chi connectivity index (χ2n) is 5.30. The first-order valence-corrected chi connectivity index (χ1v) is 7.18. The van der Waals surface area contributed by atoms with E-state index in [1.807, 2.05) is 31.3 Å². The molecule has 0 unspecified atom stereocenters. The maximum absolute atomic E-state index is 11.2.